The van der Waals surface area contributed by atoms with E-state index in [9.17, 15) is 9.50 Å². The first-order valence-electron chi connectivity index (χ1n) is 10.4. The average Bonchev–Trinajstić information content (AvgIpc) is 3.46. The van der Waals surface area contributed by atoms with Crippen LogP contribution < -0.4 is 10.6 Å². The summed E-state index contributed by atoms with van der Waals surface area (Å²) in [6, 6.07) is 8.70. The molecule has 1 saturated carbocycles. The number of hydrogen-bond acceptors (Lipinski definition) is 7. The Bertz CT molecular complexity index is 1030. The van der Waals surface area contributed by atoms with Crippen LogP contribution in [0.3, 0.4) is 0 Å². The third kappa shape index (κ3) is 4.35. The number of piperidine rings is 1. The molecule has 2 aromatic heterocycles. The van der Waals surface area contributed by atoms with Gasteiger partial charge in [0.05, 0.1) is 26.9 Å². The van der Waals surface area contributed by atoms with Crippen LogP contribution in [0.5, 0.6) is 0 Å². The van der Waals surface area contributed by atoms with Gasteiger partial charge >= 0.3 is 0 Å². The molecule has 1 aliphatic heterocycles. The maximum absolute atomic E-state index is 13.5. The number of aliphatic hydroxyl groups is 1. The molecular formula is C22H24FN5OS. The average molecular weight is 426 g/mol. The lowest BCUT2D eigenvalue weighted by molar-refractivity contribution is 0.0108. The van der Waals surface area contributed by atoms with Gasteiger partial charge in [-0.05, 0) is 69.1 Å². The van der Waals surface area contributed by atoms with Crippen molar-refractivity contribution in [3.8, 4) is 21.8 Å². The van der Waals surface area contributed by atoms with Crippen LogP contribution in [0, 0.1) is 5.82 Å². The van der Waals surface area contributed by atoms with E-state index in [4.69, 9.17) is 9.97 Å². The van der Waals surface area contributed by atoms with Crippen molar-refractivity contribution in [1.82, 2.24) is 20.3 Å². The minimum Gasteiger partial charge on any atom is -0.389 e. The van der Waals surface area contributed by atoms with E-state index in [2.05, 4.69) is 15.6 Å². The zero-order valence-electron chi connectivity index (χ0n) is 16.6. The van der Waals surface area contributed by atoms with E-state index < -0.39 is 5.60 Å². The molecule has 0 unspecified atom stereocenters. The van der Waals surface area contributed by atoms with Gasteiger partial charge in [0.15, 0.2) is 0 Å². The molecule has 6 nitrogen and oxygen atoms in total. The monoisotopic (exact) mass is 425 g/mol. The molecule has 0 radical (unpaired) electrons. The molecule has 2 aliphatic rings. The van der Waals surface area contributed by atoms with Gasteiger partial charge in [-0.25, -0.2) is 19.3 Å². The second-order valence-electron chi connectivity index (χ2n) is 8.13. The zero-order chi connectivity index (χ0) is 20.6. The predicted molar refractivity (Wildman–Crippen MR) is 116 cm³/mol. The number of rotatable bonds is 6. The van der Waals surface area contributed by atoms with Crippen molar-refractivity contribution in [1.29, 1.82) is 0 Å². The van der Waals surface area contributed by atoms with Crippen LogP contribution in [0.25, 0.3) is 21.8 Å². The summed E-state index contributed by atoms with van der Waals surface area (Å²) in [7, 11) is 0. The minimum atomic E-state index is -0.745. The van der Waals surface area contributed by atoms with Crippen LogP contribution in [0.1, 0.15) is 30.7 Å². The molecule has 30 heavy (non-hydrogen) atoms. The summed E-state index contributed by atoms with van der Waals surface area (Å²) in [5.74, 6) is 0.338. The molecule has 156 valence electrons. The van der Waals surface area contributed by atoms with Gasteiger partial charge in [0.1, 0.15) is 5.82 Å². The van der Waals surface area contributed by atoms with E-state index in [0.717, 1.165) is 52.8 Å². The normalized spacial score (nSPS) is 18.3. The predicted octanol–water partition coefficient (Wildman–Crippen LogP) is 3.64. The van der Waals surface area contributed by atoms with Crippen molar-refractivity contribution in [2.45, 2.75) is 43.7 Å². The molecule has 1 aliphatic carbocycles. The zero-order valence-corrected chi connectivity index (χ0v) is 17.4. The van der Waals surface area contributed by atoms with Crippen molar-refractivity contribution >= 4 is 17.3 Å². The molecule has 3 N–H and O–H groups in total. The van der Waals surface area contributed by atoms with Gasteiger partial charge < -0.3 is 15.7 Å². The maximum atomic E-state index is 13.5. The summed E-state index contributed by atoms with van der Waals surface area (Å²) in [4.78, 5) is 14.8. The molecule has 0 spiro atoms. The second kappa shape index (κ2) is 8.02. The summed E-state index contributed by atoms with van der Waals surface area (Å²) in [6.45, 7) is 1.61. The van der Waals surface area contributed by atoms with E-state index in [-0.39, 0.29) is 5.82 Å². The molecule has 2 fully saturated rings. The fraction of sp³-hybridized carbons (Fsp3) is 0.409. The lowest BCUT2D eigenvalue weighted by atomic mass is 9.89. The third-order valence-corrected chi connectivity index (χ3v) is 6.68. The number of thiazole rings is 1. The van der Waals surface area contributed by atoms with Gasteiger partial charge in [-0.2, -0.15) is 0 Å². The minimum absolute atomic E-state index is 0.280. The molecule has 0 amide bonds. The first-order chi connectivity index (χ1) is 14.6. The van der Waals surface area contributed by atoms with Gasteiger partial charge in [-0.3, -0.25) is 0 Å². The van der Waals surface area contributed by atoms with E-state index >= 15 is 0 Å². The largest absolute Gasteiger partial charge is 0.389 e. The molecule has 1 saturated heterocycles. The van der Waals surface area contributed by atoms with E-state index in [1.165, 1.54) is 12.1 Å². The van der Waals surface area contributed by atoms with Crippen molar-refractivity contribution in [2.24, 2.45) is 0 Å². The number of nitrogens with zero attached hydrogens (tertiary/aromatic N) is 3. The first-order valence-corrected chi connectivity index (χ1v) is 11.2. The van der Waals surface area contributed by atoms with Gasteiger partial charge in [-0.15, -0.1) is 11.3 Å². The number of nitrogens with one attached hydrogen (secondary N) is 2. The van der Waals surface area contributed by atoms with Crippen LogP contribution in [0.2, 0.25) is 0 Å². The number of aromatic nitrogens is 3. The highest BCUT2D eigenvalue weighted by Gasteiger charge is 2.31. The third-order valence-electron chi connectivity index (χ3n) is 5.60. The molecular weight excluding hydrogens is 401 g/mol. The fourth-order valence-electron chi connectivity index (χ4n) is 3.73. The van der Waals surface area contributed by atoms with E-state index in [0.29, 0.717) is 31.3 Å². The van der Waals surface area contributed by atoms with Gasteiger partial charge in [0.25, 0.3) is 0 Å². The summed E-state index contributed by atoms with van der Waals surface area (Å²) in [6.07, 6.45) is 5.96. The Hall–Kier alpha value is -2.42. The summed E-state index contributed by atoms with van der Waals surface area (Å²) in [5, 5.41) is 18.5. The second-order valence-corrected chi connectivity index (χ2v) is 9.21. The number of halogens is 1. The van der Waals surface area contributed by atoms with Crippen LogP contribution in [-0.2, 0) is 6.42 Å². The molecule has 3 heterocycles. The number of benzene rings is 1. The van der Waals surface area contributed by atoms with Crippen LogP contribution in [-0.4, -0.2) is 44.8 Å². The highest BCUT2D eigenvalue weighted by Crippen LogP contribution is 2.38. The molecule has 0 atom stereocenters. The van der Waals surface area contributed by atoms with E-state index in [1.54, 1.807) is 29.7 Å². The molecule has 8 heteroatoms. The molecule has 0 bridgehead atoms. The summed E-state index contributed by atoms with van der Waals surface area (Å²) >= 11 is 1.54. The number of hydrogen-bond donors (Lipinski definition) is 3. The van der Waals surface area contributed by atoms with Crippen LogP contribution >= 0.6 is 11.3 Å². The standard InChI is InChI=1S/C22H24FN5OS/c23-15-3-1-14(2-4-15)19-20(17-7-10-25-21(27-17)26-16-5-6-16)30-18(28-19)13-22(29)8-11-24-12-9-22/h1-4,7,10,16,24,29H,5-6,8-9,11-13H2,(H,25,26,27). The van der Waals surface area contributed by atoms with E-state index in [1.807, 2.05) is 6.07 Å². The van der Waals surface area contributed by atoms with Gasteiger partial charge in [0.2, 0.25) is 5.95 Å². The topological polar surface area (TPSA) is 83.0 Å². The Morgan fingerprint density at radius 2 is 1.90 bits per heavy atom. The van der Waals surface area contributed by atoms with Crippen molar-refractivity contribution in [3.63, 3.8) is 0 Å². The summed E-state index contributed by atoms with van der Waals surface area (Å²) in [5.41, 5.74) is 1.64. The lowest BCUT2D eigenvalue weighted by Crippen LogP contribution is -2.43. The maximum Gasteiger partial charge on any atom is 0.223 e. The van der Waals surface area contributed by atoms with Gasteiger partial charge in [0, 0.05) is 24.2 Å². The molecule has 1 aromatic carbocycles. The quantitative estimate of drug-likeness (QED) is 0.559. The summed E-state index contributed by atoms with van der Waals surface area (Å²) < 4.78 is 13.5. The Balaban J connectivity index is 1.52. The van der Waals surface area contributed by atoms with Crippen molar-refractivity contribution in [2.75, 3.05) is 18.4 Å². The SMILES string of the molecule is OC1(Cc2nc(-c3ccc(F)cc3)c(-c3ccnc(NC4CC4)n3)s2)CCNCC1. The number of anilines is 1. The highest BCUT2D eigenvalue weighted by molar-refractivity contribution is 7.15. The smallest absolute Gasteiger partial charge is 0.223 e. The molecule has 3 aromatic rings. The fourth-order valence-corrected chi connectivity index (χ4v) is 4.92. The van der Waals surface area contributed by atoms with Crippen molar-refractivity contribution in [3.05, 3.63) is 47.4 Å². The lowest BCUT2D eigenvalue weighted by Gasteiger charge is -2.31. The Labute approximate surface area is 178 Å². The Morgan fingerprint density at radius 1 is 1.13 bits per heavy atom. The Morgan fingerprint density at radius 3 is 2.63 bits per heavy atom. The van der Waals surface area contributed by atoms with Crippen LogP contribution in [0.15, 0.2) is 36.5 Å². The van der Waals surface area contributed by atoms with Gasteiger partial charge in [-0.1, -0.05) is 0 Å². The first kappa shape index (κ1) is 19.5. The Kier molecular flexibility index (Phi) is 5.22. The van der Waals surface area contributed by atoms with Crippen molar-refractivity contribution < 1.29 is 9.50 Å². The highest BCUT2D eigenvalue weighted by atomic mass is 32.1. The molecule has 5 rings (SSSR count). The van der Waals surface area contributed by atoms with Crippen LogP contribution in [0.4, 0.5) is 10.3 Å².